The zero-order valence-corrected chi connectivity index (χ0v) is 21.9. The average molecular weight is 564 g/mol. The van der Waals surface area contributed by atoms with Crippen LogP contribution in [0.5, 0.6) is 23.0 Å². The fraction of sp³-hybridized carbons (Fsp3) is 0. The number of aromatic hydroxyl groups is 4. The van der Waals surface area contributed by atoms with E-state index in [0.29, 0.717) is 0 Å². The van der Waals surface area contributed by atoms with Gasteiger partial charge in [0, 0.05) is 24.3 Å². The van der Waals surface area contributed by atoms with Crippen LogP contribution in [0.3, 0.4) is 0 Å². The van der Waals surface area contributed by atoms with Gasteiger partial charge in [-0.25, -0.2) is 33.7 Å². The van der Waals surface area contributed by atoms with E-state index in [1.807, 2.05) is 0 Å². The van der Waals surface area contributed by atoms with Crippen molar-refractivity contribution in [3.63, 3.8) is 0 Å². The Labute approximate surface area is 252 Å². The second-order valence-corrected chi connectivity index (χ2v) is 10.8. The molecule has 0 aliphatic heterocycles. The number of phenols is 4. The SMILES string of the molecule is O=S(=O)([O-])c1cc(O)c(S(=O)(=O)[O-])cc1O.O=S(=O)([O-])c1cc(O)c(S(=O)(=O)[O-])cc1O.[Li+].[Li+].[Li+].[Li+]. The summed E-state index contributed by atoms with van der Waals surface area (Å²) in [5.74, 6) is -4.88. The van der Waals surface area contributed by atoms with Crippen molar-refractivity contribution < 1.29 is 148 Å². The molecule has 0 saturated heterocycles. The molecule has 0 heterocycles. The molecule has 24 heteroatoms. The number of hydrogen-bond donors (Lipinski definition) is 4. The summed E-state index contributed by atoms with van der Waals surface area (Å²) >= 11 is 0. The smallest absolute Gasteiger partial charge is 0.744 e. The van der Waals surface area contributed by atoms with Crippen LogP contribution in [0.25, 0.3) is 0 Å². The topological polar surface area (TPSA) is 310 Å². The third-order valence-corrected chi connectivity index (χ3v) is 6.62. The molecule has 0 saturated carbocycles. The van der Waals surface area contributed by atoms with E-state index in [2.05, 4.69) is 0 Å². The molecule has 0 spiro atoms. The Morgan fingerprint density at radius 1 is 0.389 bits per heavy atom. The van der Waals surface area contributed by atoms with Crippen molar-refractivity contribution >= 4 is 40.5 Å². The van der Waals surface area contributed by atoms with E-state index >= 15 is 0 Å². The van der Waals surface area contributed by atoms with Crippen LogP contribution in [-0.4, -0.2) is 72.3 Å². The molecule has 16 nitrogen and oxygen atoms in total. The van der Waals surface area contributed by atoms with Gasteiger partial charge in [0.1, 0.15) is 63.5 Å². The van der Waals surface area contributed by atoms with Gasteiger partial charge in [-0.3, -0.25) is 0 Å². The van der Waals surface area contributed by atoms with Gasteiger partial charge in [-0.1, -0.05) is 0 Å². The minimum atomic E-state index is -5.08. The first-order chi connectivity index (χ1) is 14.1. The molecule has 0 fully saturated rings. The van der Waals surface area contributed by atoms with Gasteiger partial charge in [0.2, 0.25) is 0 Å². The van der Waals surface area contributed by atoms with Gasteiger partial charge < -0.3 is 38.6 Å². The number of phenolic OH excluding ortho intramolecular Hbond substituents is 4. The minimum absolute atomic E-state index is 0. The number of rotatable bonds is 4. The van der Waals surface area contributed by atoms with Crippen LogP contribution in [0.15, 0.2) is 43.8 Å². The quantitative estimate of drug-likeness (QED) is 0.152. The second-order valence-electron chi connectivity index (χ2n) is 5.39. The Kier molecular flexibility index (Phi) is 17.5. The summed E-state index contributed by atoms with van der Waals surface area (Å²) in [7, 11) is -20.3. The third-order valence-electron chi connectivity index (χ3n) is 3.16. The van der Waals surface area contributed by atoms with Crippen LogP contribution in [0.1, 0.15) is 0 Å². The summed E-state index contributed by atoms with van der Waals surface area (Å²) in [4.78, 5) is -4.84. The van der Waals surface area contributed by atoms with Gasteiger partial charge in [-0.05, 0) is 0 Å². The van der Waals surface area contributed by atoms with Gasteiger partial charge in [0.25, 0.3) is 0 Å². The van der Waals surface area contributed by atoms with Gasteiger partial charge in [0.05, 0.1) is 19.6 Å². The van der Waals surface area contributed by atoms with Crippen molar-refractivity contribution in [2.75, 3.05) is 0 Å². The summed E-state index contributed by atoms with van der Waals surface area (Å²) in [5.41, 5.74) is 0. The van der Waals surface area contributed by atoms with E-state index in [1.54, 1.807) is 0 Å². The first kappa shape index (κ1) is 42.7. The fourth-order valence-corrected chi connectivity index (χ4v) is 4.16. The van der Waals surface area contributed by atoms with Gasteiger partial charge >= 0.3 is 75.4 Å². The maximum Gasteiger partial charge on any atom is 1.00 e. The van der Waals surface area contributed by atoms with Crippen molar-refractivity contribution in [3.05, 3.63) is 24.3 Å². The van der Waals surface area contributed by atoms with Gasteiger partial charge in [-0.15, -0.1) is 0 Å². The second kappa shape index (κ2) is 14.7. The van der Waals surface area contributed by atoms with E-state index < -0.39 is 83.1 Å². The maximum atomic E-state index is 10.5. The Morgan fingerprint density at radius 2 is 0.500 bits per heavy atom. The minimum Gasteiger partial charge on any atom is -0.744 e. The number of benzene rings is 2. The monoisotopic (exact) mass is 564 g/mol. The largest absolute Gasteiger partial charge is 1.00 e. The normalized spacial score (nSPS) is 11.2. The molecule has 36 heavy (non-hydrogen) atoms. The molecule has 0 amide bonds. The summed E-state index contributed by atoms with van der Waals surface area (Å²) in [6.07, 6.45) is 0. The van der Waals surface area contributed by atoms with Crippen LogP contribution in [0, 0.1) is 0 Å². The molecule has 0 unspecified atom stereocenters. The maximum absolute atomic E-state index is 10.5. The standard InChI is InChI=1S/2C6H6O8S2.4Li/c2*7-3-1-5(15(9,10)11)4(8)2-6(3)16(12,13)14;;;;/h2*1-2,7-8H,(H,9,10,11)(H,12,13,14);;;;/q;;4*+1/p-4. The van der Waals surface area contributed by atoms with Gasteiger partial charge in [0.15, 0.2) is 0 Å². The molecule has 180 valence electrons. The number of hydrogen-bond acceptors (Lipinski definition) is 16. The van der Waals surface area contributed by atoms with E-state index in [9.17, 15) is 51.9 Å². The summed E-state index contributed by atoms with van der Waals surface area (Å²) in [6.45, 7) is 0. The summed E-state index contributed by atoms with van der Waals surface area (Å²) in [6, 6.07) is 0.787. The van der Waals surface area contributed by atoms with Crippen LogP contribution in [0.4, 0.5) is 0 Å². The first-order valence-corrected chi connectivity index (χ1v) is 12.7. The van der Waals surface area contributed by atoms with Crippen LogP contribution >= 0.6 is 0 Å². The van der Waals surface area contributed by atoms with E-state index in [4.69, 9.17) is 20.4 Å². The van der Waals surface area contributed by atoms with E-state index in [0.717, 1.165) is 0 Å². The van der Waals surface area contributed by atoms with Crippen molar-refractivity contribution in [2.24, 2.45) is 0 Å². The molecule has 4 N–H and O–H groups in total. The van der Waals surface area contributed by atoms with Gasteiger partial charge in [-0.2, -0.15) is 0 Å². The molecular weight excluding hydrogens is 556 g/mol. The molecule has 2 rings (SSSR count). The average Bonchev–Trinajstić information content (AvgIpc) is 2.55. The van der Waals surface area contributed by atoms with E-state index in [1.165, 1.54) is 0 Å². The molecule has 0 aliphatic carbocycles. The molecule has 0 aromatic heterocycles. The molecule has 2 aromatic rings. The van der Waals surface area contributed by atoms with Crippen molar-refractivity contribution in [2.45, 2.75) is 19.6 Å². The molecule has 0 bridgehead atoms. The third kappa shape index (κ3) is 11.6. The first-order valence-electron chi connectivity index (χ1n) is 7.02. The Hall–Kier alpha value is -0.330. The van der Waals surface area contributed by atoms with Crippen molar-refractivity contribution in [1.29, 1.82) is 0 Å². The zero-order valence-electron chi connectivity index (χ0n) is 18.6. The Morgan fingerprint density at radius 3 is 0.583 bits per heavy atom. The van der Waals surface area contributed by atoms with E-state index in [-0.39, 0.29) is 99.7 Å². The Bertz CT molecular complexity index is 1270. The van der Waals surface area contributed by atoms with Crippen molar-refractivity contribution in [1.82, 2.24) is 0 Å². The summed E-state index contributed by atoms with van der Waals surface area (Å²) in [5, 5.41) is 36.1. The molecule has 0 atom stereocenters. The fourth-order valence-electron chi connectivity index (χ4n) is 1.88. The van der Waals surface area contributed by atoms with Crippen molar-refractivity contribution in [3.8, 4) is 23.0 Å². The predicted molar refractivity (Wildman–Crippen MR) is 91.4 cm³/mol. The molecular formula is C12H8Li4O16S4. The summed E-state index contributed by atoms with van der Waals surface area (Å²) < 4.78 is 126. The predicted octanol–water partition coefficient (Wildman–Crippen LogP) is -14.2. The molecule has 0 aliphatic rings. The van der Waals surface area contributed by atoms with Crippen LogP contribution < -0.4 is 75.4 Å². The zero-order chi connectivity index (χ0) is 25.4. The Balaban J connectivity index is -0.000000256. The molecule has 0 radical (unpaired) electrons. The van der Waals surface area contributed by atoms with Crippen LogP contribution in [0.2, 0.25) is 0 Å². The molecule has 2 aromatic carbocycles. The van der Waals surface area contributed by atoms with Crippen LogP contribution in [-0.2, 0) is 40.5 Å².